The Morgan fingerprint density at radius 3 is 2.38 bits per heavy atom. The number of likely N-dealkylation sites (tertiary alicyclic amines) is 1. The topological polar surface area (TPSA) is 15.3 Å². The number of nitrogens with one attached hydrogen (secondary N) is 1. The van der Waals surface area contributed by atoms with Gasteiger partial charge < -0.3 is 5.32 Å². The number of hydrogen-bond donors (Lipinski definition) is 1. The van der Waals surface area contributed by atoms with Crippen LogP contribution in [0.3, 0.4) is 0 Å². The molecule has 1 fully saturated rings. The summed E-state index contributed by atoms with van der Waals surface area (Å²) in [6.07, 6.45) is 1.37. The second kappa shape index (κ2) is 5.50. The molecule has 1 aliphatic rings. The molecular weight excluding hydrogens is 196 g/mol. The monoisotopic (exact) mass is 226 g/mol. The van der Waals surface area contributed by atoms with Gasteiger partial charge in [0.05, 0.1) is 0 Å². The third-order valence-electron chi connectivity index (χ3n) is 3.53. The molecule has 1 heterocycles. The van der Waals surface area contributed by atoms with Crippen molar-refractivity contribution in [3.63, 3.8) is 0 Å². The summed E-state index contributed by atoms with van der Waals surface area (Å²) >= 11 is 0. The molecule has 1 saturated heterocycles. The highest BCUT2D eigenvalue weighted by Gasteiger charge is 2.30. The van der Waals surface area contributed by atoms with Crippen molar-refractivity contribution < 1.29 is 0 Å². The predicted octanol–water partition coefficient (Wildman–Crippen LogP) is 2.74. The third kappa shape index (κ3) is 4.42. The summed E-state index contributed by atoms with van der Waals surface area (Å²) in [7, 11) is 0. The largest absolute Gasteiger partial charge is 0.314 e. The fourth-order valence-corrected chi connectivity index (χ4v) is 2.69. The maximum Gasteiger partial charge on any atom is 0.00702 e. The Morgan fingerprint density at radius 2 is 1.94 bits per heavy atom. The Balaban J connectivity index is 2.39. The fraction of sp³-hybridized carbons (Fsp3) is 1.00. The quantitative estimate of drug-likeness (QED) is 0.775. The summed E-state index contributed by atoms with van der Waals surface area (Å²) in [5.74, 6) is 0.879. The first-order valence-electron chi connectivity index (χ1n) is 6.77. The molecule has 0 spiro atoms. The molecule has 96 valence electrons. The van der Waals surface area contributed by atoms with Gasteiger partial charge in [-0.3, -0.25) is 4.90 Å². The molecule has 0 aromatic carbocycles. The van der Waals surface area contributed by atoms with Crippen molar-refractivity contribution in [2.24, 2.45) is 11.3 Å². The zero-order chi connectivity index (χ0) is 12.3. The first kappa shape index (κ1) is 14.0. The van der Waals surface area contributed by atoms with Gasteiger partial charge in [-0.05, 0) is 24.7 Å². The first-order chi connectivity index (χ1) is 7.30. The van der Waals surface area contributed by atoms with E-state index in [1.807, 2.05) is 0 Å². The Bertz CT molecular complexity index is 211. The molecule has 2 nitrogen and oxygen atoms in total. The van der Waals surface area contributed by atoms with Gasteiger partial charge in [0.1, 0.15) is 0 Å². The van der Waals surface area contributed by atoms with Crippen LogP contribution in [0.5, 0.6) is 0 Å². The molecule has 2 heteroatoms. The van der Waals surface area contributed by atoms with E-state index in [9.17, 15) is 0 Å². The van der Waals surface area contributed by atoms with E-state index in [-0.39, 0.29) is 0 Å². The molecule has 1 N–H and O–H groups in total. The molecular formula is C14H30N2. The lowest BCUT2D eigenvalue weighted by Crippen LogP contribution is -2.43. The molecule has 0 aromatic heterocycles. The molecule has 1 aliphatic heterocycles. The molecule has 2 atom stereocenters. The van der Waals surface area contributed by atoms with Crippen LogP contribution >= 0.6 is 0 Å². The third-order valence-corrected chi connectivity index (χ3v) is 3.53. The van der Waals surface area contributed by atoms with Crippen molar-refractivity contribution in [2.45, 2.75) is 60.0 Å². The lowest BCUT2D eigenvalue weighted by molar-refractivity contribution is 0.165. The second-order valence-electron chi connectivity index (χ2n) is 6.82. The SMILES string of the molecule is CC1CC(C)N(CC(C)(C)CNC(C)C)C1. The van der Waals surface area contributed by atoms with E-state index in [0.717, 1.165) is 18.5 Å². The van der Waals surface area contributed by atoms with Crippen LogP contribution in [-0.2, 0) is 0 Å². The van der Waals surface area contributed by atoms with Gasteiger partial charge in [-0.1, -0.05) is 34.6 Å². The van der Waals surface area contributed by atoms with E-state index < -0.39 is 0 Å². The maximum atomic E-state index is 3.56. The van der Waals surface area contributed by atoms with Crippen LogP contribution in [0.2, 0.25) is 0 Å². The Morgan fingerprint density at radius 1 is 1.31 bits per heavy atom. The minimum atomic E-state index is 0.378. The van der Waals surface area contributed by atoms with Gasteiger partial charge in [-0.2, -0.15) is 0 Å². The van der Waals surface area contributed by atoms with Crippen molar-refractivity contribution in [1.29, 1.82) is 0 Å². The van der Waals surface area contributed by atoms with Gasteiger partial charge in [0, 0.05) is 31.7 Å². The highest BCUT2D eigenvalue weighted by atomic mass is 15.2. The van der Waals surface area contributed by atoms with Crippen LogP contribution in [-0.4, -0.2) is 36.6 Å². The van der Waals surface area contributed by atoms with E-state index >= 15 is 0 Å². The molecule has 0 saturated carbocycles. The number of rotatable bonds is 5. The van der Waals surface area contributed by atoms with E-state index in [1.165, 1.54) is 19.5 Å². The van der Waals surface area contributed by atoms with Gasteiger partial charge in [-0.15, -0.1) is 0 Å². The normalized spacial score (nSPS) is 27.9. The minimum absolute atomic E-state index is 0.378. The summed E-state index contributed by atoms with van der Waals surface area (Å²) in [6, 6.07) is 1.36. The van der Waals surface area contributed by atoms with Crippen molar-refractivity contribution in [3.8, 4) is 0 Å². The van der Waals surface area contributed by atoms with Crippen LogP contribution in [0, 0.1) is 11.3 Å². The highest BCUT2D eigenvalue weighted by Crippen LogP contribution is 2.26. The Kier molecular flexibility index (Phi) is 4.81. The summed E-state index contributed by atoms with van der Waals surface area (Å²) in [5, 5.41) is 3.56. The molecule has 0 aliphatic carbocycles. The number of hydrogen-bond acceptors (Lipinski definition) is 2. The minimum Gasteiger partial charge on any atom is -0.314 e. The average molecular weight is 226 g/mol. The maximum absolute atomic E-state index is 3.56. The van der Waals surface area contributed by atoms with Gasteiger partial charge in [-0.25, -0.2) is 0 Å². The zero-order valence-electron chi connectivity index (χ0n) is 12.0. The summed E-state index contributed by atoms with van der Waals surface area (Å²) < 4.78 is 0. The van der Waals surface area contributed by atoms with Gasteiger partial charge in [0.25, 0.3) is 0 Å². The molecule has 0 bridgehead atoms. The lowest BCUT2D eigenvalue weighted by Gasteiger charge is -2.33. The van der Waals surface area contributed by atoms with Crippen molar-refractivity contribution in [1.82, 2.24) is 10.2 Å². The lowest BCUT2D eigenvalue weighted by atomic mass is 9.92. The first-order valence-corrected chi connectivity index (χ1v) is 6.77. The van der Waals surface area contributed by atoms with Crippen LogP contribution in [0.1, 0.15) is 48.0 Å². The molecule has 1 rings (SSSR count). The highest BCUT2D eigenvalue weighted by molar-refractivity contribution is 4.85. The van der Waals surface area contributed by atoms with Crippen molar-refractivity contribution >= 4 is 0 Å². The standard InChI is InChI=1S/C14H30N2/c1-11(2)15-9-14(5,6)10-16-8-12(3)7-13(16)4/h11-13,15H,7-10H2,1-6H3. The van der Waals surface area contributed by atoms with Crippen LogP contribution in [0.4, 0.5) is 0 Å². The summed E-state index contributed by atoms with van der Waals surface area (Å²) in [4.78, 5) is 2.66. The van der Waals surface area contributed by atoms with E-state index in [2.05, 4.69) is 51.8 Å². The Labute approximate surface area is 102 Å². The molecule has 2 unspecified atom stereocenters. The van der Waals surface area contributed by atoms with Gasteiger partial charge >= 0.3 is 0 Å². The van der Waals surface area contributed by atoms with E-state index in [4.69, 9.17) is 0 Å². The van der Waals surface area contributed by atoms with Crippen molar-refractivity contribution in [2.75, 3.05) is 19.6 Å². The van der Waals surface area contributed by atoms with Crippen LogP contribution < -0.4 is 5.32 Å². The summed E-state index contributed by atoms with van der Waals surface area (Å²) in [5.41, 5.74) is 0.378. The van der Waals surface area contributed by atoms with Gasteiger partial charge in [0.2, 0.25) is 0 Å². The number of nitrogens with zero attached hydrogens (tertiary/aromatic N) is 1. The van der Waals surface area contributed by atoms with Crippen LogP contribution in [0.25, 0.3) is 0 Å². The smallest absolute Gasteiger partial charge is 0.00702 e. The van der Waals surface area contributed by atoms with E-state index in [0.29, 0.717) is 11.5 Å². The van der Waals surface area contributed by atoms with Gasteiger partial charge in [0.15, 0.2) is 0 Å². The second-order valence-corrected chi connectivity index (χ2v) is 6.82. The predicted molar refractivity (Wildman–Crippen MR) is 71.7 cm³/mol. The summed E-state index contributed by atoms with van der Waals surface area (Å²) in [6.45, 7) is 17.5. The molecule has 0 radical (unpaired) electrons. The molecule has 16 heavy (non-hydrogen) atoms. The van der Waals surface area contributed by atoms with E-state index in [1.54, 1.807) is 0 Å². The molecule has 0 amide bonds. The van der Waals surface area contributed by atoms with Crippen LogP contribution in [0.15, 0.2) is 0 Å². The fourth-order valence-electron chi connectivity index (χ4n) is 2.69. The molecule has 0 aromatic rings. The van der Waals surface area contributed by atoms with Crippen molar-refractivity contribution in [3.05, 3.63) is 0 Å². The Hall–Kier alpha value is -0.0800. The zero-order valence-corrected chi connectivity index (χ0v) is 12.0. The average Bonchev–Trinajstić information content (AvgIpc) is 2.41.